The first-order valence-corrected chi connectivity index (χ1v) is 6.64. The Morgan fingerprint density at radius 1 is 1.26 bits per heavy atom. The maximum Gasteiger partial charge on any atom is 0.245 e. The van der Waals surface area contributed by atoms with Gasteiger partial charge in [0.15, 0.2) is 0 Å². The number of amides is 2. The van der Waals surface area contributed by atoms with Gasteiger partial charge in [-0.1, -0.05) is 38.1 Å². The van der Waals surface area contributed by atoms with Crippen LogP contribution in [0.5, 0.6) is 0 Å². The van der Waals surface area contributed by atoms with Gasteiger partial charge in [0, 0.05) is 6.54 Å². The Morgan fingerprint density at radius 2 is 1.89 bits per heavy atom. The minimum Gasteiger partial charge on any atom is -0.343 e. The largest absolute Gasteiger partial charge is 0.343 e. The van der Waals surface area contributed by atoms with E-state index in [1.54, 1.807) is 11.8 Å². The highest BCUT2D eigenvalue weighted by atomic mass is 16.2. The Kier molecular flexibility index (Phi) is 3.88. The summed E-state index contributed by atoms with van der Waals surface area (Å²) in [6, 6.07) is 7.80. The van der Waals surface area contributed by atoms with Crippen LogP contribution in [0, 0.1) is 0 Å². The number of carbonyl (C=O) groups excluding carboxylic acids is 2. The molecule has 0 saturated carbocycles. The van der Waals surface area contributed by atoms with Gasteiger partial charge in [0.2, 0.25) is 11.8 Å². The number of hydrogen-bond acceptors (Lipinski definition) is 2. The van der Waals surface area contributed by atoms with Gasteiger partial charge in [0.25, 0.3) is 0 Å². The van der Waals surface area contributed by atoms with E-state index in [9.17, 15) is 9.59 Å². The molecule has 102 valence electrons. The van der Waals surface area contributed by atoms with Gasteiger partial charge in [0.05, 0.1) is 6.54 Å². The number of nitrogens with one attached hydrogen (secondary N) is 1. The van der Waals surface area contributed by atoms with Crippen LogP contribution in [0.1, 0.15) is 37.8 Å². The highest BCUT2D eigenvalue weighted by molar-refractivity contribution is 5.94. The third-order valence-electron chi connectivity index (χ3n) is 3.41. The van der Waals surface area contributed by atoms with Crippen molar-refractivity contribution in [2.24, 2.45) is 0 Å². The fourth-order valence-corrected chi connectivity index (χ4v) is 2.24. The van der Waals surface area contributed by atoms with E-state index in [0.717, 1.165) is 5.56 Å². The van der Waals surface area contributed by atoms with Crippen LogP contribution < -0.4 is 5.32 Å². The summed E-state index contributed by atoms with van der Waals surface area (Å²) in [6.07, 6.45) is 0. The van der Waals surface area contributed by atoms with E-state index in [0.29, 0.717) is 12.5 Å². The SMILES string of the molecule is CC1NC(=O)CN(Cc2ccc(C(C)C)cc2)C1=O. The summed E-state index contributed by atoms with van der Waals surface area (Å²) >= 11 is 0. The van der Waals surface area contributed by atoms with Gasteiger partial charge in [-0.05, 0) is 24.0 Å². The predicted molar refractivity (Wildman–Crippen MR) is 73.6 cm³/mol. The van der Waals surface area contributed by atoms with Crippen LogP contribution in [0.15, 0.2) is 24.3 Å². The average molecular weight is 260 g/mol. The summed E-state index contributed by atoms with van der Waals surface area (Å²) in [6.45, 7) is 6.66. The zero-order valence-electron chi connectivity index (χ0n) is 11.6. The summed E-state index contributed by atoms with van der Waals surface area (Å²) in [5.41, 5.74) is 2.33. The molecule has 0 spiro atoms. The van der Waals surface area contributed by atoms with Crippen molar-refractivity contribution >= 4 is 11.8 Å². The Labute approximate surface area is 113 Å². The standard InChI is InChI=1S/C15H20N2O2/c1-10(2)13-6-4-12(5-7-13)8-17-9-14(18)16-11(3)15(17)19/h4-7,10-11H,8-9H2,1-3H3,(H,16,18). The van der Waals surface area contributed by atoms with Crippen molar-refractivity contribution in [3.05, 3.63) is 35.4 Å². The van der Waals surface area contributed by atoms with Crippen molar-refractivity contribution in [1.29, 1.82) is 0 Å². The predicted octanol–water partition coefficient (Wildman–Crippen LogP) is 1.66. The van der Waals surface area contributed by atoms with Gasteiger partial charge in [-0.2, -0.15) is 0 Å². The lowest BCUT2D eigenvalue weighted by Crippen LogP contribution is -2.56. The normalized spacial score (nSPS) is 19.8. The molecule has 1 unspecified atom stereocenters. The summed E-state index contributed by atoms with van der Waals surface area (Å²) in [5.74, 6) is 0.384. The Hall–Kier alpha value is -1.84. The number of carbonyl (C=O) groups is 2. The molecule has 2 rings (SSSR count). The lowest BCUT2D eigenvalue weighted by Gasteiger charge is -2.30. The number of piperazine rings is 1. The summed E-state index contributed by atoms with van der Waals surface area (Å²) < 4.78 is 0. The average Bonchev–Trinajstić information content (AvgIpc) is 2.36. The topological polar surface area (TPSA) is 49.4 Å². The van der Waals surface area contributed by atoms with Crippen molar-refractivity contribution in [1.82, 2.24) is 10.2 Å². The molecular formula is C15H20N2O2. The minimum absolute atomic E-state index is 0.0208. The van der Waals surface area contributed by atoms with Crippen LogP contribution in [-0.4, -0.2) is 29.3 Å². The Bertz CT molecular complexity index is 479. The maximum absolute atomic E-state index is 12.0. The molecule has 1 aliphatic rings. The van der Waals surface area contributed by atoms with Gasteiger partial charge >= 0.3 is 0 Å². The first-order valence-electron chi connectivity index (χ1n) is 6.64. The minimum atomic E-state index is -0.420. The first kappa shape index (κ1) is 13.6. The zero-order chi connectivity index (χ0) is 14.0. The van der Waals surface area contributed by atoms with Gasteiger partial charge in [-0.25, -0.2) is 0 Å². The van der Waals surface area contributed by atoms with E-state index in [-0.39, 0.29) is 18.4 Å². The summed E-state index contributed by atoms with van der Waals surface area (Å²) in [7, 11) is 0. The highest BCUT2D eigenvalue weighted by Crippen LogP contribution is 2.16. The molecule has 0 bridgehead atoms. The van der Waals surface area contributed by atoms with Crippen molar-refractivity contribution < 1.29 is 9.59 Å². The third-order valence-corrected chi connectivity index (χ3v) is 3.41. The summed E-state index contributed by atoms with van der Waals surface area (Å²) in [5, 5.41) is 2.64. The number of hydrogen-bond donors (Lipinski definition) is 1. The van der Waals surface area contributed by atoms with E-state index < -0.39 is 6.04 Å². The fraction of sp³-hybridized carbons (Fsp3) is 0.467. The van der Waals surface area contributed by atoms with E-state index in [2.05, 4.69) is 31.3 Å². The molecule has 2 amide bonds. The first-order chi connectivity index (χ1) is 8.97. The lowest BCUT2D eigenvalue weighted by atomic mass is 10.0. The van der Waals surface area contributed by atoms with Crippen molar-refractivity contribution in [2.75, 3.05) is 6.54 Å². The molecule has 1 aliphatic heterocycles. The smallest absolute Gasteiger partial charge is 0.245 e. The second-order valence-electron chi connectivity index (χ2n) is 5.38. The number of nitrogens with zero attached hydrogens (tertiary/aromatic N) is 1. The Balaban J connectivity index is 2.07. The van der Waals surface area contributed by atoms with Crippen LogP contribution in [0.4, 0.5) is 0 Å². The van der Waals surface area contributed by atoms with Crippen LogP contribution in [0.3, 0.4) is 0 Å². The highest BCUT2D eigenvalue weighted by Gasteiger charge is 2.29. The number of rotatable bonds is 3. The van der Waals surface area contributed by atoms with Crippen molar-refractivity contribution in [3.8, 4) is 0 Å². The molecule has 0 aromatic heterocycles. The van der Waals surface area contributed by atoms with Gasteiger partial charge in [-0.3, -0.25) is 9.59 Å². The van der Waals surface area contributed by atoms with Crippen molar-refractivity contribution in [3.63, 3.8) is 0 Å². The van der Waals surface area contributed by atoms with Crippen LogP contribution >= 0.6 is 0 Å². The molecule has 0 aliphatic carbocycles. The second kappa shape index (κ2) is 5.43. The van der Waals surface area contributed by atoms with E-state index in [4.69, 9.17) is 0 Å². The molecule has 0 radical (unpaired) electrons. The van der Waals surface area contributed by atoms with Crippen LogP contribution in [0.25, 0.3) is 0 Å². The fourth-order valence-electron chi connectivity index (χ4n) is 2.24. The number of benzene rings is 1. The van der Waals surface area contributed by atoms with Gasteiger partial charge in [0.1, 0.15) is 6.04 Å². The van der Waals surface area contributed by atoms with E-state index in [1.807, 2.05) is 12.1 Å². The van der Waals surface area contributed by atoms with E-state index in [1.165, 1.54) is 5.56 Å². The molecule has 1 aromatic rings. The molecule has 1 saturated heterocycles. The molecule has 4 nitrogen and oxygen atoms in total. The van der Waals surface area contributed by atoms with Crippen LogP contribution in [-0.2, 0) is 16.1 Å². The lowest BCUT2D eigenvalue weighted by molar-refractivity contribution is -0.144. The molecule has 1 N–H and O–H groups in total. The molecular weight excluding hydrogens is 240 g/mol. The zero-order valence-corrected chi connectivity index (χ0v) is 11.6. The van der Waals surface area contributed by atoms with Gasteiger partial charge < -0.3 is 10.2 Å². The molecule has 1 fully saturated rings. The third kappa shape index (κ3) is 3.13. The maximum atomic E-state index is 12.0. The quantitative estimate of drug-likeness (QED) is 0.898. The molecule has 4 heteroatoms. The molecule has 1 aromatic carbocycles. The summed E-state index contributed by atoms with van der Waals surface area (Å²) in [4.78, 5) is 25.0. The monoisotopic (exact) mass is 260 g/mol. The molecule has 19 heavy (non-hydrogen) atoms. The Morgan fingerprint density at radius 3 is 2.47 bits per heavy atom. The second-order valence-corrected chi connectivity index (χ2v) is 5.38. The van der Waals surface area contributed by atoms with Crippen molar-refractivity contribution in [2.45, 2.75) is 39.3 Å². The van der Waals surface area contributed by atoms with Gasteiger partial charge in [-0.15, -0.1) is 0 Å². The molecule has 1 heterocycles. The molecule has 1 atom stereocenters. The van der Waals surface area contributed by atoms with E-state index >= 15 is 0 Å². The van der Waals surface area contributed by atoms with Crippen LogP contribution in [0.2, 0.25) is 0 Å².